The van der Waals surface area contributed by atoms with Crippen LogP contribution in [-0.2, 0) is 17.9 Å². The maximum atomic E-state index is 13.5. The van der Waals surface area contributed by atoms with E-state index in [2.05, 4.69) is 15.6 Å². The molecule has 0 fully saturated rings. The topological polar surface area (TPSA) is 69.0 Å². The number of rotatable bonds is 6. The number of ether oxygens (including phenoxy) is 1. The zero-order valence-corrected chi connectivity index (χ0v) is 12.6. The second-order valence-electron chi connectivity index (χ2n) is 5.35. The molecule has 0 radical (unpaired) electrons. The third-order valence-corrected chi connectivity index (χ3v) is 2.88. The summed E-state index contributed by atoms with van der Waals surface area (Å²) in [6, 6.07) is 6.48. The van der Waals surface area contributed by atoms with Gasteiger partial charge >= 0.3 is 6.09 Å². The zero-order valence-electron chi connectivity index (χ0n) is 12.6. The van der Waals surface area contributed by atoms with Gasteiger partial charge in [-0.05, 0) is 12.0 Å². The minimum atomic E-state index is -0.489. The van der Waals surface area contributed by atoms with Gasteiger partial charge in [0.1, 0.15) is 18.1 Å². The lowest BCUT2D eigenvalue weighted by Gasteiger charge is -2.07. The van der Waals surface area contributed by atoms with Gasteiger partial charge in [-0.15, -0.1) is 5.10 Å². The average Bonchev–Trinajstić information content (AvgIpc) is 2.93. The number of hydrogen-bond acceptors (Lipinski definition) is 4. The van der Waals surface area contributed by atoms with Crippen molar-refractivity contribution in [2.24, 2.45) is 5.92 Å². The molecular weight excluding hydrogens is 287 g/mol. The lowest BCUT2D eigenvalue weighted by molar-refractivity contribution is 0.137. The van der Waals surface area contributed by atoms with E-state index in [1.165, 1.54) is 10.7 Å². The quantitative estimate of drug-likeness (QED) is 0.889. The Labute approximate surface area is 128 Å². The van der Waals surface area contributed by atoms with E-state index in [0.717, 1.165) is 0 Å². The van der Waals surface area contributed by atoms with Gasteiger partial charge in [-0.25, -0.2) is 13.9 Å². The van der Waals surface area contributed by atoms with Crippen molar-refractivity contribution in [3.05, 3.63) is 47.5 Å². The fraction of sp³-hybridized carbons (Fsp3) is 0.400. The van der Waals surface area contributed by atoms with Crippen molar-refractivity contribution in [1.82, 2.24) is 20.3 Å². The van der Waals surface area contributed by atoms with Crippen LogP contribution in [0.5, 0.6) is 0 Å². The third kappa shape index (κ3) is 4.83. The number of hydrogen-bond donors (Lipinski definition) is 1. The molecule has 0 spiro atoms. The van der Waals surface area contributed by atoms with Crippen molar-refractivity contribution < 1.29 is 13.9 Å². The summed E-state index contributed by atoms with van der Waals surface area (Å²) < 4.78 is 20.1. The first-order valence-corrected chi connectivity index (χ1v) is 7.07. The molecule has 0 saturated heterocycles. The molecule has 7 heteroatoms. The van der Waals surface area contributed by atoms with Gasteiger partial charge in [-0.2, -0.15) is 0 Å². The first-order valence-electron chi connectivity index (χ1n) is 7.07. The van der Waals surface area contributed by atoms with Gasteiger partial charge in [0.15, 0.2) is 0 Å². The van der Waals surface area contributed by atoms with Crippen molar-refractivity contribution in [3.63, 3.8) is 0 Å². The fourth-order valence-electron chi connectivity index (χ4n) is 1.76. The molecule has 0 saturated carbocycles. The van der Waals surface area contributed by atoms with E-state index in [-0.39, 0.29) is 19.0 Å². The number of alkyl carbamates (subject to hydrolysis) is 1. The molecule has 6 nitrogen and oxygen atoms in total. The largest absolute Gasteiger partial charge is 0.443 e. The maximum Gasteiger partial charge on any atom is 0.407 e. The van der Waals surface area contributed by atoms with Gasteiger partial charge in [0, 0.05) is 12.1 Å². The molecule has 118 valence electrons. The van der Waals surface area contributed by atoms with Gasteiger partial charge in [0.05, 0.1) is 12.7 Å². The summed E-state index contributed by atoms with van der Waals surface area (Å²) in [5.41, 5.74) is 1.03. The first-order chi connectivity index (χ1) is 10.5. The molecule has 0 unspecified atom stereocenters. The number of benzene rings is 1. The van der Waals surface area contributed by atoms with Crippen LogP contribution in [0.25, 0.3) is 0 Å². The van der Waals surface area contributed by atoms with Gasteiger partial charge in [-0.1, -0.05) is 37.3 Å². The van der Waals surface area contributed by atoms with E-state index in [4.69, 9.17) is 4.74 Å². The van der Waals surface area contributed by atoms with Crippen LogP contribution in [0, 0.1) is 11.7 Å². The van der Waals surface area contributed by atoms with Crippen molar-refractivity contribution in [1.29, 1.82) is 0 Å². The molecule has 1 aromatic carbocycles. The average molecular weight is 306 g/mol. The molecule has 0 aliphatic carbocycles. The molecule has 0 atom stereocenters. The monoisotopic (exact) mass is 306 g/mol. The maximum absolute atomic E-state index is 13.5. The summed E-state index contributed by atoms with van der Waals surface area (Å²) in [5, 5.41) is 10.4. The number of nitrogens with zero attached hydrogens (tertiary/aromatic N) is 3. The highest BCUT2D eigenvalue weighted by atomic mass is 19.1. The third-order valence-electron chi connectivity index (χ3n) is 2.88. The summed E-state index contributed by atoms with van der Waals surface area (Å²) >= 11 is 0. The van der Waals surface area contributed by atoms with Crippen LogP contribution in [-0.4, -0.2) is 27.6 Å². The van der Waals surface area contributed by atoms with Crippen LogP contribution in [0.4, 0.5) is 9.18 Å². The minimum absolute atomic E-state index is 0.0290. The SMILES string of the molecule is CC(C)CNC(=O)OCc1cn(Cc2ccccc2F)nn1. The summed E-state index contributed by atoms with van der Waals surface area (Å²) in [6.07, 6.45) is 1.14. The number of aromatic nitrogens is 3. The number of halogens is 1. The van der Waals surface area contributed by atoms with Gasteiger partial charge in [-0.3, -0.25) is 0 Å². The summed E-state index contributed by atoms with van der Waals surface area (Å²) in [7, 11) is 0. The van der Waals surface area contributed by atoms with E-state index in [1.54, 1.807) is 24.4 Å². The minimum Gasteiger partial charge on any atom is -0.443 e. The molecule has 0 bridgehead atoms. The van der Waals surface area contributed by atoms with Crippen molar-refractivity contribution in [2.45, 2.75) is 27.0 Å². The molecule has 1 N–H and O–H groups in total. The smallest absolute Gasteiger partial charge is 0.407 e. The standard InChI is InChI=1S/C15H19FN4O2/c1-11(2)7-17-15(21)22-10-13-9-20(19-18-13)8-12-5-3-4-6-14(12)16/h3-6,9,11H,7-8,10H2,1-2H3,(H,17,21). The Bertz CT molecular complexity index is 628. The van der Waals surface area contributed by atoms with Crippen molar-refractivity contribution >= 4 is 6.09 Å². The van der Waals surface area contributed by atoms with Crippen LogP contribution in [0.3, 0.4) is 0 Å². The van der Waals surface area contributed by atoms with Crippen LogP contribution >= 0.6 is 0 Å². The lowest BCUT2D eigenvalue weighted by Crippen LogP contribution is -2.27. The Morgan fingerprint density at radius 3 is 2.91 bits per heavy atom. The second kappa shape index (κ2) is 7.53. The second-order valence-corrected chi connectivity index (χ2v) is 5.35. The predicted molar refractivity (Wildman–Crippen MR) is 78.5 cm³/mol. The normalized spacial score (nSPS) is 10.7. The van der Waals surface area contributed by atoms with Crippen LogP contribution < -0.4 is 5.32 Å². The van der Waals surface area contributed by atoms with Gasteiger partial charge < -0.3 is 10.1 Å². The van der Waals surface area contributed by atoms with E-state index < -0.39 is 6.09 Å². The van der Waals surface area contributed by atoms with Gasteiger partial charge in [0.25, 0.3) is 0 Å². The molecule has 1 heterocycles. The number of nitrogens with one attached hydrogen (secondary N) is 1. The summed E-state index contributed by atoms with van der Waals surface area (Å²) in [5.74, 6) is 0.0676. The van der Waals surface area contributed by atoms with Crippen LogP contribution in [0.1, 0.15) is 25.1 Å². The van der Waals surface area contributed by atoms with Crippen LogP contribution in [0.2, 0.25) is 0 Å². The molecule has 0 aliphatic heterocycles. The molecule has 1 aromatic heterocycles. The zero-order chi connectivity index (χ0) is 15.9. The Morgan fingerprint density at radius 2 is 2.18 bits per heavy atom. The highest BCUT2D eigenvalue weighted by molar-refractivity contribution is 5.67. The highest BCUT2D eigenvalue weighted by Gasteiger charge is 2.08. The number of carbonyl (C=O) groups excluding carboxylic acids is 1. The Kier molecular flexibility index (Phi) is 5.46. The van der Waals surface area contributed by atoms with Crippen molar-refractivity contribution in [2.75, 3.05) is 6.54 Å². The predicted octanol–water partition coefficient (Wildman–Crippen LogP) is 2.35. The van der Waals surface area contributed by atoms with E-state index >= 15 is 0 Å². The Hall–Kier alpha value is -2.44. The molecule has 0 aliphatic rings. The molecule has 2 aromatic rings. The van der Waals surface area contributed by atoms with E-state index in [0.29, 0.717) is 23.7 Å². The number of amides is 1. The number of carbonyl (C=O) groups is 1. The summed E-state index contributed by atoms with van der Waals surface area (Å²) in [6.45, 7) is 4.85. The summed E-state index contributed by atoms with van der Waals surface area (Å²) in [4.78, 5) is 11.4. The molecule has 2 rings (SSSR count). The Morgan fingerprint density at radius 1 is 1.41 bits per heavy atom. The van der Waals surface area contributed by atoms with E-state index in [9.17, 15) is 9.18 Å². The lowest BCUT2D eigenvalue weighted by atomic mass is 10.2. The Balaban J connectivity index is 1.84. The van der Waals surface area contributed by atoms with Crippen molar-refractivity contribution in [3.8, 4) is 0 Å². The molecule has 1 amide bonds. The van der Waals surface area contributed by atoms with Gasteiger partial charge in [0.2, 0.25) is 0 Å². The van der Waals surface area contributed by atoms with Crippen LogP contribution in [0.15, 0.2) is 30.5 Å². The highest BCUT2D eigenvalue weighted by Crippen LogP contribution is 2.08. The molecule has 22 heavy (non-hydrogen) atoms. The molecular formula is C15H19FN4O2. The van der Waals surface area contributed by atoms with E-state index in [1.807, 2.05) is 13.8 Å². The first kappa shape index (κ1) is 15.9. The fourth-order valence-corrected chi connectivity index (χ4v) is 1.76.